The molecule has 1 aromatic carbocycles. The highest BCUT2D eigenvalue weighted by atomic mass is 16.5. The number of aromatic nitrogens is 1. The molecule has 0 aliphatic carbocycles. The Hall–Kier alpha value is -2.95. The molecule has 0 amide bonds. The van der Waals surface area contributed by atoms with Crippen molar-refractivity contribution in [3.05, 3.63) is 60.3 Å². The maximum Gasteiger partial charge on any atom is 0.311 e. The van der Waals surface area contributed by atoms with Crippen molar-refractivity contribution in [2.45, 2.75) is 97.5 Å². The first kappa shape index (κ1) is 28.3. The van der Waals surface area contributed by atoms with Gasteiger partial charge in [0.25, 0.3) is 0 Å². The van der Waals surface area contributed by atoms with Crippen LogP contribution in [0.4, 0.5) is 0 Å². The summed E-state index contributed by atoms with van der Waals surface area (Å²) in [6, 6.07) is 11.9. The summed E-state index contributed by atoms with van der Waals surface area (Å²) < 4.78 is 10.7. The molecule has 0 bridgehead atoms. The fourth-order valence-electron chi connectivity index (χ4n) is 3.66. The summed E-state index contributed by atoms with van der Waals surface area (Å²) in [4.78, 5) is 27.9. The van der Waals surface area contributed by atoms with Gasteiger partial charge in [0.15, 0.2) is 0 Å². The molecular formula is C30H41NO4. The van der Waals surface area contributed by atoms with Gasteiger partial charge in [-0.05, 0) is 63.1 Å². The summed E-state index contributed by atoms with van der Waals surface area (Å²) in [5.74, 6) is 0.0882. The molecule has 0 spiro atoms. The van der Waals surface area contributed by atoms with Gasteiger partial charge in [-0.2, -0.15) is 0 Å². The molecule has 1 aromatic heterocycles. The van der Waals surface area contributed by atoms with Gasteiger partial charge in [-0.3, -0.25) is 14.6 Å². The van der Waals surface area contributed by atoms with E-state index in [1.54, 1.807) is 19.2 Å². The molecule has 0 radical (unpaired) electrons. The van der Waals surface area contributed by atoms with Gasteiger partial charge >= 0.3 is 11.9 Å². The second-order valence-electron chi connectivity index (χ2n) is 8.96. The zero-order chi connectivity index (χ0) is 25.3. The first-order valence-electron chi connectivity index (χ1n) is 13.1. The van der Waals surface area contributed by atoms with Crippen LogP contribution >= 0.6 is 0 Å². The Bertz CT molecular complexity index is 903. The van der Waals surface area contributed by atoms with Crippen LogP contribution < -0.4 is 4.74 Å². The van der Waals surface area contributed by atoms with Gasteiger partial charge in [0.05, 0.1) is 18.0 Å². The van der Waals surface area contributed by atoms with Crippen LogP contribution in [0.5, 0.6) is 5.75 Å². The molecule has 0 saturated heterocycles. The number of allylic oxidation sites excluding steroid dienone is 2. The number of rotatable bonds is 16. The minimum atomic E-state index is -0.223. The molecule has 0 saturated carbocycles. The minimum absolute atomic E-state index is 0.0872. The number of nitrogens with zero attached hydrogens (tertiary/aromatic N) is 1. The standard InChI is InChI=1S/C30H41NO4/c1-4-6-7-8-9-10-11-12-13-14-30(33)35-27-21-22-28(31-23-27)26-19-17-25(18-20-26)16-15-24(3)34-29(32)5-2/h10-11,17-24H,4-9,12-16H2,1-3H3/b11-10-. The van der Waals surface area contributed by atoms with Crippen molar-refractivity contribution in [2.24, 2.45) is 0 Å². The number of benzene rings is 1. The second-order valence-corrected chi connectivity index (χ2v) is 8.96. The highest BCUT2D eigenvalue weighted by molar-refractivity contribution is 5.72. The molecule has 5 heteroatoms. The van der Waals surface area contributed by atoms with Crippen molar-refractivity contribution < 1.29 is 19.1 Å². The van der Waals surface area contributed by atoms with Gasteiger partial charge in [0, 0.05) is 18.4 Å². The van der Waals surface area contributed by atoms with Crippen molar-refractivity contribution in [3.63, 3.8) is 0 Å². The quantitative estimate of drug-likeness (QED) is 0.141. The number of hydrogen-bond acceptors (Lipinski definition) is 5. The van der Waals surface area contributed by atoms with Crippen LogP contribution in [-0.4, -0.2) is 23.0 Å². The van der Waals surface area contributed by atoms with E-state index in [9.17, 15) is 9.59 Å². The molecule has 2 rings (SSSR count). The van der Waals surface area contributed by atoms with Crippen LogP contribution in [0.3, 0.4) is 0 Å². The molecule has 5 nitrogen and oxygen atoms in total. The van der Waals surface area contributed by atoms with E-state index in [0.29, 0.717) is 18.6 Å². The van der Waals surface area contributed by atoms with Crippen molar-refractivity contribution >= 4 is 11.9 Å². The molecule has 1 heterocycles. The highest BCUT2D eigenvalue weighted by Gasteiger charge is 2.09. The van der Waals surface area contributed by atoms with Gasteiger partial charge < -0.3 is 9.47 Å². The van der Waals surface area contributed by atoms with Crippen molar-refractivity contribution in [2.75, 3.05) is 0 Å². The number of ether oxygens (including phenoxy) is 2. The topological polar surface area (TPSA) is 65.5 Å². The molecule has 2 aromatic rings. The van der Waals surface area contributed by atoms with Crippen LogP contribution in [0.15, 0.2) is 54.7 Å². The molecule has 1 atom stereocenters. The third-order valence-corrected chi connectivity index (χ3v) is 5.82. The number of pyridine rings is 1. The summed E-state index contributed by atoms with van der Waals surface area (Å²) in [7, 11) is 0. The summed E-state index contributed by atoms with van der Waals surface area (Å²) in [5.41, 5.74) is 3.01. The van der Waals surface area contributed by atoms with E-state index in [1.165, 1.54) is 31.2 Å². The number of aryl methyl sites for hydroxylation is 1. The zero-order valence-corrected chi connectivity index (χ0v) is 21.6. The molecule has 0 fully saturated rings. The van der Waals surface area contributed by atoms with Crippen molar-refractivity contribution in [1.82, 2.24) is 4.98 Å². The van der Waals surface area contributed by atoms with Gasteiger partial charge in [-0.1, -0.05) is 69.5 Å². The van der Waals surface area contributed by atoms with Gasteiger partial charge in [0.2, 0.25) is 0 Å². The minimum Gasteiger partial charge on any atom is -0.463 e. The van der Waals surface area contributed by atoms with E-state index in [-0.39, 0.29) is 18.0 Å². The van der Waals surface area contributed by atoms with Gasteiger partial charge in [-0.25, -0.2) is 0 Å². The summed E-state index contributed by atoms with van der Waals surface area (Å²) in [6.07, 6.45) is 16.3. The Morgan fingerprint density at radius 3 is 2.31 bits per heavy atom. The van der Waals surface area contributed by atoms with E-state index in [2.05, 4.69) is 36.2 Å². The predicted octanol–water partition coefficient (Wildman–Crippen LogP) is 7.63. The molecule has 0 N–H and O–H groups in total. The molecule has 1 unspecified atom stereocenters. The molecule has 0 aliphatic rings. The van der Waals surface area contributed by atoms with Crippen LogP contribution in [0, 0.1) is 0 Å². The van der Waals surface area contributed by atoms with Crippen LogP contribution in [0.1, 0.15) is 90.5 Å². The number of hydrogen-bond donors (Lipinski definition) is 0. The average molecular weight is 480 g/mol. The first-order chi connectivity index (χ1) is 17.0. The predicted molar refractivity (Wildman–Crippen MR) is 141 cm³/mol. The van der Waals surface area contributed by atoms with Crippen LogP contribution in [-0.2, 0) is 20.7 Å². The fraction of sp³-hybridized carbons (Fsp3) is 0.500. The van der Waals surface area contributed by atoms with E-state index in [0.717, 1.165) is 43.4 Å². The molecule has 35 heavy (non-hydrogen) atoms. The Balaban J connectivity index is 1.71. The Kier molecular flexibility index (Phi) is 13.4. The fourth-order valence-corrected chi connectivity index (χ4v) is 3.66. The number of carbonyl (C=O) groups is 2. The normalized spacial score (nSPS) is 12.0. The monoisotopic (exact) mass is 479 g/mol. The summed E-state index contributed by atoms with van der Waals surface area (Å²) >= 11 is 0. The van der Waals surface area contributed by atoms with Crippen LogP contribution in [0.2, 0.25) is 0 Å². The smallest absolute Gasteiger partial charge is 0.311 e. The van der Waals surface area contributed by atoms with Crippen LogP contribution in [0.25, 0.3) is 11.3 Å². The van der Waals surface area contributed by atoms with E-state index in [1.807, 2.05) is 25.1 Å². The van der Waals surface area contributed by atoms with Gasteiger partial charge in [0.1, 0.15) is 5.75 Å². The SMILES string of the molecule is CCCCCC/C=C\CCCC(=O)Oc1ccc(-c2ccc(CCC(C)OC(=O)CC)cc2)nc1. The average Bonchev–Trinajstić information content (AvgIpc) is 2.87. The first-order valence-corrected chi connectivity index (χ1v) is 13.1. The van der Waals surface area contributed by atoms with Crippen molar-refractivity contribution in [3.8, 4) is 17.0 Å². The highest BCUT2D eigenvalue weighted by Crippen LogP contribution is 2.21. The zero-order valence-electron chi connectivity index (χ0n) is 21.6. The van der Waals surface area contributed by atoms with Crippen molar-refractivity contribution in [1.29, 1.82) is 0 Å². The Labute approximate surface area is 211 Å². The number of esters is 2. The summed E-state index contributed by atoms with van der Waals surface area (Å²) in [5, 5.41) is 0. The lowest BCUT2D eigenvalue weighted by Crippen LogP contribution is -2.14. The maximum atomic E-state index is 12.1. The molecule has 0 aliphatic heterocycles. The molecular weight excluding hydrogens is 438 g/mol. The maximum absolute atomic E-state index is 12.1. The summed E-state index contributed by atoms with van der Waals surface area (Å²) in [6.45, 7) is 5.95. The van der Waals surface area contributed by atoms with E-state index < -0.39 is 0 Å². The largest absolute Gasteiger partial charge is 0.463 e. The Morgan fingerprint density at radius 2 is 1.66 bits per heavy atom. The number of carbonyl (C=O) groups excluding carboxylic acids is 2. The third-order valence-electron chi connectivity index (χ3n) is 5.82. The lowest BCUT2D eigenvalue weighted by Gasteiger charge is -2.12. The lowest BCUT2D eigenvalue weighted by atomic mass is 10.0. The Morgan fingerprint density at radius 1 is 0.914 bits per heavy atom. The van der Waals surface area contributed by atoms with E-state index in [4.69, 9.17) is 9.47 Å². The second kappa shape index (κ2) is 16.6. The van der Waals surface area contributed by atoms with E-state index >= 15 is 0 Å². The lowest BCUT2D eigenvalue weighted by molar-refractivity contribution is -0.148. The number of unbranched alkanes of at least 4 members (excludes halogenated alkanes) is 5. The third kappa shape index (κ3) is 11.8. The molecule has 190 valence electrons. The van der Waals surface area contributed by atoms with Gasteiger partial charge in [-0.15, -0.1) is 0 Å².